The highest BCUT2D eigenvalue weighted by Crippen LogP contribution is 2.48. The maximum atomic E-state index is 13.1. The van der Waals surface area contributed by atoms with Crippen molar-refractivity contribution in [2.24, 2.45) is 0 Å². The molecule has 0 atom stereocenters. The van der Waals surface area contributed by atoms with Crippen molar-refractivity contribution in [2.75, 3.05) is 56.8 Å². The molecule has 0 N–H and O–H groups in total. The van der Waals surface area contributed by atoms with E-state index in [1.807, 2.05) is 61.7 Å². The van der Waals surface area contributed by atoms with Crippen LogP contribution in [0.2, 0.25) is 0 Å². The summed E-state index contributed by atoms with van der Waals surface area (Å²) in [5.41, 5.74) is 2.87. The summed E-state index contributed by atoms with van der Waals surface area (Å²) in [5.74, 6) is 0.835. The SMILES string of the molecule is CCC(/C=C1\Sc2ccc(OC)cc2N1CCCS(=O)(=O)O[N+](CC)(CC)CC)=C\c1sc2ccc(OC)cc2[n+]1CCCS(=O)(=O)[O-]. The number of nitrogens with zero attached hydrogens (tertiary/aromatic N) is 3. The Labute approximate surface area is 293 Å². The third kappa shape index (κ3) is 9.52. The van der Waals surface area contributed by atoms with Crippen LogP contribution in [0.3, 0.4) is 0 Å². The van der Waals surface area contributed by atoms with Crippen LogP contribution in [-0.4, -0.2) is 77.9 Å². The fraction of sp³-hybridized carbons (Fsp3) is 0.485. The first-order valence-corrected chi connectivity index (χ1v) is 20.9. The van der Waals surface area contributed by atoms with Crippen LogP contribution in [0.15, 0.2) is 58.0 Å². The largest absolute Gasteiger partial charge is 0.748 e. The van der Waals surface area contributed by atoms with Gasteiger partial charge in [0.25, 0.3) is 5.01 Å². The Balaban J connectivity index is 1.67. The average molecular weight is 741 g/mol. The van der Waals surface area contributed by atoms with Gasteiger partial charge in [-0.15, -0.1) is 0 Å². The molecule has 1 aliphatic rings. The predicted molar refractivity (Wildman–Crippen MR) is 192 cm³/mol. The minimum atomic E-state index is -4.34. The van der Waals surface area contributed by atoms with Crippen LogP contribution in [0.5, 0.6) is 11.5 Å². The summed E-state index contributed by atoms with van der Waals surface area (Å²) in [6.07, 6.45) is 5.46. The Bertz CT molecular complexity index is 1860. The summed E-state index contributed by atoms with van der Waals surface area (Å²) in [5, 5.41) is 1.87. The Morgan fingerprint density at radius 2 is 1.60 bits per heavy atom. The third-order valence-corrected chi connectivity index (χ3v) is 12.8. The molecule has 0 spiro atoms. The fourth-order valence-corrected chi connectivity index (χ4v) is 9.69. The molecular formula is C33H46N3O8S4+. The number of aryl methyl sites for hydroxylation is 1. The number of anilines is 1. The molecule has 0 bridgehead atoms. The van der Waals surface area contributed by atoms with Crippen molar-refractivity contribution >= 4 is 65.3 Å². The molecule has 264 valence electrons. The van der Waals surface area contributed by atoms with Crippen LogP contribution >= 0.6 is 23.1 Å². The summed E-state index contributed by atoms with van der Waals surface area (Å²) in [6.45, 7) is 10.3. The average Bonchev–Trinajstić information content (AvgIpc) is 3.58. The van der Waals surface area contributed by atoms with E-state index in [4.69, 9.17) is 13.8 Å². The monoisotopic (exact) mass is 740 g/mol. The number of benzene rings is 2. The number of hydroxylamine groups is 3. The number of quaternary nitrogens is 1. The van der Waals surface area contributed by atoms with Gasteiger partial charge in [0.15, 0.2) is 6.54 Å². The second-order valence-electron chi connectivity index (χ2n) is 11.4. The zero-order valence-electron chi connectivity index (χ0n) is 28.4. The number of hydrogen-bond acceptors (Lipinski definition) is 11. The summed E-state index contributed by atoms with van der Waals surface area (Å²) in [7, 11) is -4.89. The zero-order valence-corrected chi connectivity index (χ0v) is 31.7. The number of hydrogen-bond donors (Lipinski definition) is 0. The van der Waals surface area contributed by atoms with E-state index < -0.39 is 26.0 Å². The number of methoxy groups -OCH3 is 2. The lowest BCUT2D eigenvalue weighted by Crippen LogP contribution is -2.49. The quantitative estimate of drug-likeness (QED) is 0.0672. The molecule has 0 fully saturated rings. The van der Waals surface area contributed by atoms with Crippen LogP contribution in [-0.2, 0) is 31.1 Å². The molecule has 0 saturated carbocycles. The molecule has 2 heterocycles. The van der Waals surface area contributed by atoms with Crippen molar-refractivity contribution in [3.63, 3.8) is 0 Å². The number of aromatic nitrogens is 1. The van der Waals surface area contributed by atoms with E-state index in [0.29, 0.717) is 57.1 Å². The van der Waals surface area contributed by atoms with E-state index in [1.165, 1.54) is 0 Å². The first-order valence-electron chi connectivity index (χ1n) is 16.1. The van der Waals surface area contributed by atoms with Gasteiger partial charge in [0.1, 0.15) is 35.8 Å². The lowest BCUT2D eigenvalue weighted by molar-refractivity contribution is -1.08. The Morgan fingerprint density at radius 3 is 2.23 bits per heavy atom. The molecule has 4 rings (SSSR count). The minimum absolute atomic E-state index is 0.0644. The maximum absolute atomic E-state index is 13.1. The van der Waals surface area contributed by atoms with Crippen LogP contribution in [0, 0.1) is 0 Å². The molecule has 0 aliphatic carbocycles. The smallest absolute Gasteiger partial charge is 0.314 e. The highest BCUT2D eigenvalue weighted by atomic mass is 32.2. The maximum Gasteiger partial charge on any atom is 0.314 e. The number of thiazole rings is 1. The van der Waals surface area contributed by atoms with Gasteiger partial charge in [-0.1, -0.05) is 34.3 Å². The molecular weight excluding hydrogens is 695 g/mol. The van der Waals surface area contributed by atoms with E-state index in [-0.39, 0.29) is 16.8 Å². The molecule has 0 unspecified atom stereocenters. The van der Waals surface area contributed by atoms with Crippen LogP contribution in [0.25, 0.3) is 16.3 Å². The van der Waals surface area contributed by atoms with Gasteiger partial charge in [-0.2, -0.15) is 17.6 Å². The normalized spacial score (nSPS) is 15.0. The summed E-state index contributed by atoms with van der Waals surface area (Å²) < 4.78 is 80.0. The number of thioether (sulfide) groups is 1. The minimum Gasteiger partial charge on any atom is -0.748 e. The topological polar surface area (TPSA) is 126 Å². The molecule has 15 heteroatoms. The van der Waals surface area contributed by atoms with Gasteiger partial charge in [-0.3, -0.25) is 0 Å². The third-order valence-electron chi connectivity index (χ3n) is 8.45. The van der Waals surface area contributed by atoms with Crippen molar-refractivity contribution < 1.29 is 44.4 Å². The van der Waals surface area contributed by atoms with Crippen molar-refractivity contribution in [3.05, 3.63) is 58.1 Å². The lowest BCUT2D eigenvalue weighted by atomic mass is 10.2. The predicted octanol–water partition coefficient (Wildman–Crippen LogP) is 5.92. The van der Waals surface area contributed by atoms with Gasteiger partial charge in [-0.05, 0) is 69.5 Å². The van der Waals surface area contributed by atoms with Crippen molar-refractivity contribution in [1.29, 1.82) is 0 Å². The molecule has 1 aromatic heterocycles. The van der Waals surface area contributed by atoms with E-state index in [0.717, 1.165) is 36.4 Å². The molecule has 0 radical (unpaired) electrons. The molecule has 1 aliphatic heterocycles. The molecule has 48 heavy (non-hydrogen) atoms. The van der Waals surface area contributed by atoms with Gasteiger partial charge in [0, 0.05) is 35.8 Å². The molecule has 11 nitrogen and oxygen atoms in total. The number of rotatable bonds is 18. The Morgan fingerprint density at radius 1 is 0.938 bits per heavy atom. The van der Waals surface area contributed by atoms with Crippen LogP contribution in [0.1, 0.15) is 52.0 Å². The van der Waals surface area contributed by atoms with Gasteiger partial charge in [0.2, 0.25) is 5.52 Å². The van der Waals surface area contributed by atoms with Gasteiger partial charge in [-0.25, -0.2) is 8.42 Å². The summed E-state index contributed by atoms with van der Waals surface area (Å²) in [6, 6.07) is 11.7. The first-order chi connectivity index (χ1) is 22.8. The van der Waals surface area contributed by atoms with Crippen molar-refractivity contribution in [3.8, 4) is 11.5 Å². The summed E-state index contributed by atoms with van der Waals surface area (Å²) >= 11 is 3.19. The number of allylic oxidation sites excluding steroid dienone is 2. The number of fused-ring (bicyclic) bond motifs is 2. The Kier molecular flexibility index (Phi) is 13.0. The van der Waals surface area contributed by atoms with E-state index in [9.17, 15) is 21.4 Å². The van der Waals surface area contributed by atoms with E-state index >= 15 is 0 Å². The second kappa shape index (κ2) is 16.4. The van der Waals surface area contributed by atoms with E-state index in [1.54, 1.807) is 37.3 Å². The van der Waals surface area contributed by atoms with Gasteiger partial charge >= 0.3 is 10.1 Å². The second-order valence-corrected chi connectivity index (χ2v) is 16.7. The molecule has 0 saturated heterocycles. The van der Waals surface area contributed by atoms with Gasteiger partial charge < -0.3 is 18.9 Å². The molecule has 2 aromatic carbocycles. The van der Waals surface area contributed by atoms with Gasteiger partial charge in [0.05, 0.1) is 46.9 Å². The van der Waals surface area contributed by atoms with E-state index in [2.05, 4.69) is 24.0 Å². The Hall–Kier alpha value is -2.66. The standard InChI is InChI=1S/C33H46N3O8S4/c1-7-25(21-32-34(17-11-19-47(37,38)39)28-23-26(42-5)13-15-30(28)45-32)22-33-35(29-24-27(43-6)14-16-31(29)46-33)18-12-20-48(40,41)44-36(8-2,9-3)10-4/h13-16,21-24H,7-12,17-20H2,1-6H3/q+1. The lowest BCUT2D eigenvalue weighted by Gasteiger charge is -2.31. The van der Waals surface area contributed by atoms with Crippen LogP contribution in [0.4, 0.5) is 5.69 Å². The highest BCUT2D eigenvalue weighted by Gasteiger charge is 2.32. The fourth-order valence-electron chi connectivity index (χ4n) is 5.56. The number of ether oxygens (including phenoxy) is 2. The highest BCUT2D eigenvalue weighted by molar-refractivity contribution is 8.03. The van der Waals surface area contributed by atoms with Crippen molar-refractivity contribution in [1.82, 2.24) is 0 Å². The molecule has 0 amide bonds. The first kappa shape index (κ1) is 38.1. The van der Waals surface area contributed by atoms with Crippen LogP contribution < -0.4 is 18.9 Å². The molecule has 3 aromatic rings. The van der Waals surface area contributed by atoms with Crippen molar-refractivity contribution in [2.45, 2.75) is 58.4 Å². The summed E-state index contributed by atoms with van der Waals surface area (Å²) in [4.78, 5) is 3.17. The zero-order chi connectivity index (χ0) is 35.1.